The van der Waals surface area contributed by atoms with Crippen molar-refractivity contribution in [1.82, 2.24) is 21.5 Å². The van der Waals surface area contributed by atoms with Gasteiger partial charge in [-0.2, -0.15) is 0 Å². The van der Waals surface area contributed by atoms with E-state index in [0.29, 0.717) is 17.9 Å². The second kappa shape index (κ2) is 10.6. The van der Waals surface area contributed by atoms with Gasteiger partial charge < -0.3 is 15.4 Å². The molecule has 4 amide bonds. The van der Waals surface area contributed by atoms with Gasteiger partial charge in [-0.1, -0.05) is 12.1 Å². The van der Waals surface area contributed by atoms with E-state index in [9.17, 15) is 18.8 Å². The van der Waals surface area contributed by atoms with Gasteiger partial charge >= 0.3 is 6.03 Å². The lowest BCUT2D eigenvalue weighted by molar-refractivity contribution is -0.123. The summed E-state index contributed by atoms with van der Waals surface area (Å²) >= 11 is 0. The molecule has 9 heteroatoms. The molecule has 0 spiro atoms. The van der Waals surface area contributed by atoms with Crippen LogP contribution in [0.1, 0.15) is 29.8 Å². The Morgan fingerprint density at radius 1 is 0.966 bits per heavy atom. The molecule has 0 saturated heterocycles. The summed E-state index contributed by atoms with van der Waals surface area (Å²) in [5, 5.41) is 5.42. The van der Waals surface area contributed by atoms with Crippen LogP contribution in [0.25, 0.3) is 0 Å². The number of amides is 4. The Kier molecular flexibility index (Phi) is 7.96. The number of urea groups is 1. The van der Waals surface area contributed by atoms with E-state index in [-0.39, 0.29) is 18.7 Å². The average molecular weight is 402 g/mol. The Hall–Kier alpha value is -3.62. The molecule has 0 unspecified atom stereocenters. The van der Waals surface area contributed by atoms with Gasteiger partial charge in [0.15, 0.2) is 6.61 Å². The molecule has 0 aliphatic heterocycles. The molecule has 0 bridgehead atoms. The molecular formula is C20H23FN4O4. The zero-order valence-corrected chi connectivity index (χ0v) is 16.1. The van der Waals surface area contributed by atoms with Crippen LogP contribution < -0.4 is 26.2 Å². The highest BCUT2D eigenvalue weighted by atomic mass is 19.1. The van der Waals surface area contributed by atoms with Crippen LogP contribution in [0.5, 0.6) is 5.75 Å². The van der Waals surface area contributed by atoms with E-state index in [0.717, 1.165) is 5.56 Å². The number of benzene rings is 2. The summed E-state index contributed by atoms with van der Waals surface area (Å²) in [5.41, 5.74) is 5.66. The highest BCUT2D eigenvalue weighted by Crippen LogP contribution is 2.10. The maximum Gasteiger partial charge on any atom is 0.315 e. The fraction of sp³-hybridized carbons (Fsp3) is 0.250. The molecule has 154 valence electrons. The molecular weight excluding hydrogens is 379 g/mol. The minimum absolute atomic E-state index is 0.0392. The molecule has 0 aliphatic rings. The lowest BCUT2D eigenvalue weighted by atomic mass is 10.1. The third-order valence-corrected chi connectivity index (χ3v) is 3.59. The van der Waals surface area contributed by atoms with Crippen molar-refractivity contribution in [3.8, 4) is 5.75 Å². The second-order valence-corrected chi connectivity index (χ2v) is 6.42. The first-order valence-electron chi connectivity index (χ1n) is 8.94. The van der Waals surface area contributed by atoms with Gasteiger partial charge in [-0.05, 0) is 55.8 Å². The average Bonchev–Trinajstić information content (AvgIpc) is 2.70. The maximum atomic E-state index is 12.8. The van der Waals surface area contributed by atoms with Crippen LogP contribution in [0.3, 0.4) is 0 Å². The number of rotatable bonds is 7. The van der Waals surface area contributed by atoms with Gasteiger partial charge in [-0.3, -0.25) is 20.4 Å². The fourth-order valence-electron chi connectivity index (χ4n) is 2.18. The molecule has 0 atom stereocenters. The van der Waals surface area contributed by atoms with Crippen molar-refractivity contribution in [2.24, 2.45) is 0 Å². The Labute approximate surface area is 167 Å². The van der Waals surface area contributed by atoms with E-state index in [1.165, 1.54) is 24.3 Å². The summed E-state index contributed by atoms with van der Waals surface area (Å²) in [6.45, 7) is 3.70. The van der Waals surface area contributed by atoms with Crippen molar-refractivity contribution in [3.63, 3.8) is 0 Å². The summed E-state index contributed by atoms with van der Waals surface area (Å²) in [7, 11) is 0. The number of nitrogens with one attached hydrogen (secondary N) is 4. The number of ether oxygens (including phenoxy) is 1. The minimum atomic E-state index is -0.570. The smallest absolute Gasteiger partial charge is 0.315 e. The highest BCUT2D eigenvalue weighted by molar-refractivity contribution is 5.95. The Morgan fingerprint density at radius 3 is 2.24 bits per heavy atom. The molecule has 8 nitrogen and oxygen atoms in total. The normalized spacial score (nSPS) is 10.2. The number of halogens is 1. The first-order valence-corrected chi connectivity index (χ1v) is 8.94. The number of hydrogen-bond donors (Lipinski definition) is 4. The molecule has 0 radical (unpaired) electrons. The molecule has 0 aromatic heterocycles. The predicted octanol–water partition coefficient (Wildman–Crippen LogP) is 1.87. The molecule has 0 aliphatic carbocycles. The molecule has 0 fully saturated rings. The predicted molar refractivity (Wildman–Crippen MR) is 104 cm³/mol. The van der Waals surface area contributed by atoms with Crippen molar-refractivity contribution < 1.29 is 23.5 Å². The molecule has 2 aromatic carbocycles. The number of carbonyl (C=O) groups is 3. The van der Waals surface area contributed by atoms with Gasteiger partial charge in [-0.25, -0.2) is 9.18 Å². The van der Waals surface area contributed by atoms with Crippen LogP contribution in [0, 0.1) is 5.82 Å². The van der Waals surface area contributed by atoms with Gasteiger partial charge in [0.05, 0.1) is 0 Å². The van der Waals surface area contributed by atoms with E-state index in [2.05, 4.69) is 21.5 Å². The first-order chi connectivity index (χ1) is 13.8. The van der Waals surface area contributed by atoms with Crippen LogP contribution in [0.4, 0.5) is 9.18 Å². The standard InChI is InChI=1S/C20H23FN4O4/c1-13(2)23-20(28)22-11-14-3-5-15(6-4-14)19(27)25-24-18(26)12-29-17-9-7-16(21)8-10-17/h3-10,13H,11-12H2,1-2H3,(H,24,26)(H,25,27)(H2,22,23,28). The molecule has 2 rings (SSSR count). The number of hydrogen-bond acceptors (Lipinski definition) is 4. The van der Waals surface area contributed by atoms with E-state index in [1.807, 2.05) is 13.8 Å². The molecule has 0 saturated carbocycles. The van der Waals surface area contributed by atoms with E-state index in [1.54, 1.807) is 24.3 Å². The zero-order valence-electron chi connectivity index (χ0n) is 16.1. The lowest BCUT2D eigenvalue weighted by Crippen LogP contribution is -2.43. The molecule has 0 heterocycles. The maximum absolute atomic E-state index is 12.8. The van der Waals surface area contributed by atoms with Crippen molar-refractivity contribution in [1.29, 1.82) is 0 Å². The van der Waals surface area contributed by atoms with Crippen LogP contribution >= 0.6 is 0 Å². The second-order valence-electron chi connectivity index (χ2n) is 6.42. The monoisotopic (exact) mass is 402 g/mol. The van der Waals surface area contributed by atoms with Crippen LogP contribution in [0.15, 0.2) is 48.5 Å². The van der Waals surface area contributed by atoms with Crippen molar-refractivity contribution in [3.05, 3.63) is 65.5 Å². The summed E-state index contributed by atoms with van der Waals surface area (Å²) in [4.78, 5) is 35.4. The zero-order chi connectivity index (χ0) is 21.2. The van der Waals surface area contributed by atoms with E-state index < -0.39 is 17.6 Å². The SMILES string of the molecule is CC(C)NC(=O)NCc1ccc(C(=O)NNC(=O)COc2ccc(F)cc2)cc1. The topological polar surface area (TPSA) is 109 Å². The van der Waals surface area contributed by atoms with Gasteiger partial charge in [0.25, 0.3) is 11.8 Å². The number of carbonyl (C=O) groups excluding carboxylic acids is 3. The van der Waals surface area contributed by atoms with Gasteiger partial charge in [0, 0.05) is 18.2 Å². The first kappa shape index (κ1) is 21.7. The fourth-order valence-corrected chi connectivity index (χ4v) is 2.18. The van der Waals surface area contributed by atoms with Crippen molar-refractivity contribution >= 4 is 17.8 Å². The Bertz CT molecular complexity index is 839. The van der Waals surface area contributed by atoms with Crippen LogP contribution in [-0.2, 0) is 11.3 Å². The summed E-state index contributed by atoms with van der Waals surface area (Å²) < 4.78 is 18.0. The highest BCUT2D eigenvalue weighted by Gasteiger charge is 2.09. The third kappa shape index (κ3) is 7.87. The Balaban J connectivity index is 1.73. The summed E-state index contributed by atoms with van der Waals surface area (Å²) in [5.74, 6) is -1.15. The number of hydrazine groups is 1. The quantitative estimate of drug-likeness (QED) is 0.530. The minimum Gasteiger partial charge on any atom is -0.484 e. The largest absolute Gasteiger partial charge is 0.484 e. The van der Waals surface area contributed by atoms with Crippen molar-refractivity contribution in [2.45, 2.75) is 26.4 Å². The molecule has 2 aromatic rings. The summed E-state index contributed by atoms with van der Waals surface area (Å²) in [6.07, 6.45) is 0. The van der Waals surface area contributed by atoms with Crippen molar-refractivity contribution in [2.75, 3.05) is 6.61 Å². The van der Waals surface area contributed by atoms with Crippen LogP contribution in [0.2, 0.25) is 0 Å². The lowest BCUT2D eigenvalue weighted by Gasteiger charge is -2.11. The van der Waals surface area contributed by atoms with E-state index in [4.69, 9.17) is 4.74 Å². The third-order valence-electron chi connectivity index (χ3n) is 3.59. The molecule has 4 N–H and O–H groups in total. The van der Waals surface area contributed by atoms with Gasteiger partial charge in [0.2, 0.25) is 0 Å². The van der Waals surface area contributed by atoms with Gasteiger partial charge in [-0.15, -0.1) is 0 Å². The van der Waals surface area contributed by atoms with E-state index >= 15 is 0 Å². The van der Waals surface area contributed by atoms with Gasteiger partial charge in [0.1, 0.15) is 11.6 Å². The Morgan fingerprint density at radius 2 is 1.62 bits per heavy atom. The van der Waals surface area contributed by atoms with Crippen LogP contribution in [-0.4, -0.2) is 30.5 Å². The summed E-state index contributed by atoms with van der Waals surface area (Å²) in [6, 6.07) is 11.5. The molecule has 29 heavy (non-hydrogen) atoms.